The molecule has 1 aromatic heterocycles. The normalized spacial score (nSPS) is 15.6. The fourth-order valence-corrected chi connectivity index (χ4v) is 4.85. The number of carbonyl (C=O) groups excluding carboxylic acids is 2. The highest BCUT2D eigenvalue weighted by Crippen LogP contribution is 2.41. The van der Waals surface area contributed by atoms with Crippen molar-refractivity contribution in [2.24, 2.45) is 5.92 Å². The molecule has 1 amide bonds. The molecular weight excluding hydrogens is 380 g/mol. The molecule has 1 aromatic carbocycles. The van der Waals surface area contributed by atoms with Crippen LogP contribution in [0.4, 0.5) is 10.7 Å². The Bertz CT molecular complexity index is 921. The van der Waals surface area contributed by atoms with Gasteiger partial charge in [-0.05, 0) is 43.7 Å². The molecule has 7 nitrogen and oxygen atoms in total. The van der Waals surface area contributed by atoms with E-state index in [1.165, 1.54) is 29.5 Å². The summed E-state index contributed by atoms with van der Waals surface area (Å²) in [6, 6.07) is 5.76. The van der Waals surface area contributed by atoms with Gasteiger partial charge in [-0.3, -0.25) is 14.9 Å². The van der Waals surface area contributed by atoms with Crippen LogP contribution in [0, 0.1) is 16.0 Å². The Hall–Kier alpha value is -2.74. The predicted octanol–water partition coefficient (Wildman–Crippen LogP) is 4.60. The van der Waals surface area contributed by atoms with Gasteiger partial charge in [-0.2, -0.15) is 0 Å². The van der Waals surface area contributed by atoms with Crippen molar-refractivity contribution in [1.82, 2.24) is 0 Å². The third-order valence-electron chi connectivity index (χ3n) is 5.00. The molecular formula is C20H22N2O5S. The summed E-state index contributed by atoms with van der Waals surface area (Å²) >= 11 is 1.37. The van der Waals surface area contributed by atoms with E-state index in [9.17, 15) is 19.7 Å². The first-order chi connectivity index (χ1) is 13.5. The molecule has 1 heterocycles. The van der Waals surface area contributed by atoms with Gasteiger partial charge in [0.15, 0.2) is 0 Å². The number of anilines is 1. The summed E-state index contributed by atoms with van der Waals surface area (Å²) in [7, 11) is 0. The van der Waals surface area contributed by atoms with Gasteiger partial charge in [0.25, 0.3) is 11.6 Å². The first-order valence-corrected chi connectivity index (χ1v) is 10.1. The lowest BCUT2D eigenvalue weighted by atomic mass is 9.85. The highest BCUT2D eigenvalue weighted by Gasteiger charge is 2.30. The third-order valence-corrected chi connectivity index (χ3v) is 6.17. The number of hydrogen-bond donors (Lipinski definition) is 1. The van der Waals surface area contributed by atoms with Crippen LogP contribution in [-0.4, -0.2) is 23.4 Å². The second-order valence-corrected chi connectivity index (χ2v) is 7.78. The van der Waals surface area contributed by atoms with Crippen LogP contribution >= 0.6 is 11.3 Å². The molecule has 2 aromatic rings. The third kappa shape index (κ3) is 3.91. The summed E-state index contributed by atoms with van der Waals surface area (Å²) in [6.07, 6.45) is 3.68. The Morgan fingerprint density at radius 3 is 2.75 bits per heavy atom. The molecule has 28 heavy (non-hydrogen) atoms. The standard InChI is InChI=1S/C20H22N2O5S/c1-3-12-9-10-14-16(11-12)28-19(17(14)20(24)27-4-2)21-18(23)13-7-5-6-8-15(13)22(25)26/h5-8,12H,3-4,9-11H2,1-2H3,(H,21,23)/t12-/m1/s1. The molecule has 1 N–H and O–H groups in total. The summed E-state index contributed by atoms with van der Waals surface area (Å²) < 4.78 is 5.20. The fourth-order valence-electron chi connectivity index (χ4n) is 3.51. The lowest BCUT2D eigenvalue weighted by Crippen LogP contribution is -2.17. The van der Waals surface area contributed by atoms with E-state index in [1.807, 2.05) is 0 Å². The topological polar surface area (TPSA) is 98.5 Å². The summed E-state index contributed by atoms with van der Waals surface area (Å²) in [5.41, 5.74) is 1.01. The van der Waals surface area contributed by atoms with Crippen molar-refractivity contribution in [3.63, 3.8) is 0 Å². The Morgan fingerprint density at radius 2 is 2.07 bits per heavy atom. The second kappa shape index (κ2) is 8.52. The average molecular weight is 402 g/mol. The zero-order valence-electron chi connectivity index (χ0n) is 15.8. The van der Waals surface area contributed by atoms with Crippen LogP contribution in [0.25, 0.3) is 0 Å². The van der Waals surface area contributed by atoms with Crippen molar-refractivity contribution >= 4 is 33.9 Å². The van der Waals surface area contributed by atoms with E-state index in [4.69, 9.17) is 4.74 Å². The van der Waals surface area contributed by atoms with Gasteiger partial charge in [-0.25, -0.2) is 4.79 Å². The van der Waals surface area contributed by atoms with E-state index >= 15 is 0 Å². The van der Waals surface area contributed by atoms with Crippen molar-refractivity contribution in [1.29, 1.82) is 0 Å². The number of nitro groups is 1. The number of fused-ring (bicyclic) bond motifs is 1. The van der Waals surface area contributed by atoms with Gasteiger partial charge in [0.1, 0.15) is 10.6 Å². The first-order valence-electron chi connectivity index (χ1n) is 9.32. The number of thiophene rings is 1. The molecule has 0 radical (unpaired) electrons. The van der Waals surface area contributed by atoms with Gasteiger partial charge >= 0.3 is 5.97 Å². The van der Waals surface area contributed by atoms with E-state index in [0.29, 0.717) is 16.5 Å². The van der Waals surface area contributed by atoms with E-state index in [2.05, 4.69) is 12.2 Å². The second-order valence-electron chi connectivity index (χ2n) is 6.67. The smallest absolute Gasteiger partial charge is 0.341 e. The number of esters is 1. The summed E-state index contributed by atoms with van der Waals surface area (Å²) in [5.74, 6) is -0.517. The van der Waals surface area contributed by atoms with Crippen LogP contribution in [-0.2, 0) is 17.6 Å². The number of nitrogens with one attached hydrogen (secondary N) is 1. The van der Waals surface area contributed by atoms with E-state index in [0.717, 1.165) is 36.1 Å². The van der Waals surface area contributed by atoms with Crippen molar-refractivity contribution in [3.8, 4) is 0 Å². The minimum atomic E-state index is -0.608. The summed E-state index contributed by atoms with van der Waals surface area (Å²) in [5, 5.41) is 14.4. The average Bonchev–Trinajstić information content (AvgIpc) is 3.04. The number of amides is 1. The maximum atomic E-state index is 12.7. The maximum Gasteiger partial charge on any atom is 0.341 e. The highest BCUT2D eigenvalue weighted by molar-refractivity contribution is 7.17. The van der Waals surface area contributed by atoms with Crippen LogP contribution in [0.1, 0.15) is 57.8 Å². The molecule has 8 heteroatoms. The summed E-state index contributed by atoms with van der Waals surface area (Å²) in [4.78, 5) is 37.0. The Morgan fingerprint density at radius 1 is 1.32 bits per heavy atom. The zero-order chi connectivity index (χ0) is 20.3. The maximum absolute atomic E-state index is 12.7. The van der Waals surface area contributed by atoms with Crippen LogP contribution in [0.15, 0.2) is 24.3 Å². The molecule has 3 rings (SSSR count). The molecule has 1 aliphatic rings. The Kier molecular flexibility index (Phi) is 6.08. The SMILES string of the molecule is CCOC(=O)c1c(NC(=O)c2ccccc2[N+](=O)[O-])sc2c1CC[C@@H](CC)C2. The van der Waals surface area contributed by atoms with E-state index in [1.54, 1.807) is 13.0 Å². The van der Waals surface area contributed by atoms with E-state index < -0.39 is 16.8 Å². The van der Waals surface area contributed by atoms with Crippen LogP contribution in [0.2, 0.25) is 0 Å². The van der Waals surface area contributed by atoms with Crippen molar-refractivity contribution in [2.45, 2.75) is 39.5 Å². The monoisotopic (exact) mass is 402 g/mol. The Balaban J connectivity index is 1.97. The van der Waals surface area contributed by atoms with Crippen molar-refractivity contribution < 1.29 is 19.2 Å². The molecule has 0 fully saturated rings. The molecule has 148 valence electrons. The fraction of sp³-hybridized carbons (Fsp3) is 0.400. The van der Waals surface area contributed by atoms with Gasteiger partial charge < -0.3 is 10.1 Å². The molecule has 1 atom stereocenters. The molecule has 0 bridgehead atoms. The largest absolute Gasteiger partial charge is 0.462 e. The number of para-hydroxylation sites is 1. The minimum absolute atomic E-state index is 0.0416. The number of ether oxygens (including phenoxy) is 1. The lowest BCUT2D eigenvalue weighted by molar-refractivity contribution is -0.385. The minimum Gasteiger partial charge on any atom is -0.462 e. The number of carbonyl (C=O) groups is 2. The summed E-state index contributed by atoms with van der Waals surface area (Å²) in [6.45, 7) is 4.11. The Labute approximate surface area is 166 Å². The van der Waals surface area contributed by atoms with Gasteiger partial charge in [-0.15, -0.1) is 11.3 Å². The van der Waals surface area contributed by atoms with Crippen molar-refractivity contribution in [3.05, 3.63) is 55.9 Å². The number of nitro benzene ring substituents is 1. The lowest BCUT2D eigenvalue weighted by Gasteiger charge is -2.20. The number of rotatable bonds is 6. The van der Waals surface area contributed by atoms with Gasteiger partial charge in [0.2, 0.25) is 0 Å². The molecule has 0 aliphatic heterocycles. The molecule has 0 spiro atoms. The van der Waals surface area contributed by atoms with E-state index in [-0.39, 0.29) is 17.9 Å². The number of nitrogens with zero attached hydrogens (tertiary/aromatic N) is 1. The van der Waals surface area contributed by atoms with Crippen LogP contribution < -0.4 is 5.32 Å². The van der Waals surface area contributed by atoms with Gasteiger partial charge in [0.05, 0.1) is 17.1 Å². The molecule has 0 unspecified atom stereocenters. The van der Waals surface area contributed by atoms with Gasteiger partial charge in [-0.1, -0.05) is 25.5 Å². The van der Waals surface area contributed by atoms with Crippen LogP contribution in [0.3, 0.4) is 0 Å². The zero-order valence-corrected chi connectivity index (χ0v) is 16.6. The number of hydrogen-bond acceptors (Lipinski definition) is 6. The molecule has 0 saturated heterocycles. The molecule has 0 saturated carbocycles. The van der Waals surface area contributed by atoms with Crippen LogP contribution in [0.5, 0.6) is 0 Å². The quantitative estimate of drug-likeness (QED) is 0.432. The first kappa shape index (κ1) is 20.0. The van der Waals surface area contributed by atoms with Crippen molar-refractivity contribution in [2.75, 3.05) is 11.9 Å². The number of benzene rings is 1. The molecule has 1 aliphatic carbocycles. The van der Waals surface area contributed by atoms with Gasteiger partial charge in [0, 0.05) is 10.9 Å². The predicted molar refractivity (Wildman–Crippen MR) is 107 cm³/mol. The highest BCUT2D eigenvalue weighted by atomic mass is 32.1.